The highest BCUT2D eigenvalue weighted by molar-refractivity contribution is 8.14. The van der Waals surface area contributed by atoms with Crippen molar-refractivity contribution in [3.63, 3.8) is 0 Å². The molecule has 1 aliphatic heterocycles. The van der Waals surface area contributed by atoms with Crippen molar-refractivity contribution >= 4 is 28.6 Å². The van der Waals surface area contributed by atoms with Crippen LogP contribution < -0.4 is 5.32 Å². The maximum absolute atomic E-state index is 4.53. The summed E-state index contributed by atoms with van der Waals surface area (Å²) in [5.74, 6) is 1.09. The standard InChI is InChI=1S/C27H28N2S/c1-20-9-8-12-23(21(20)2)19-24(15-16-28-27-29-17-18-30-27)26-14-7-6-13-25(26)22-10-4-3-5-11-22/h3-14,19H,15-18H2,1-2H3,(H,28,29)/b24-19-. The molecule has 1 aliphatic rings. The SMILES string of the molecule is Cc1cccc(/C=C(/CCNC2=NCCS2)c2ccccc2-c2ccccc2)c1C. The Morgan fingerprint density at radius 3 is 2.57 bits per heavy atom. The topological polar surface area (TPSA) is 24.4 Å². The molecule has 0 spiro atoms. The Morgan fingerprint density at radius 1 is 0.967 bits per heavy atom. The van der Waals surface area contributed by atoms with Gasteiger partial charge in [0.05, 0.1) is 6.54 Å². The van der Waals surface area contributed by atoms with Crippen LogP contribution in [0.1, 0.15) is 28.7 Å². The summed E-state index contributed by atoms with van der Waals surface area (Å²) in [6.45, 7) is 6.20. The first-order valence-corrected chi connectivity index (χ1v) is 11.5. The van der Waals surface area contributed by atoms with Crippen molar-refractivity contribution in [3.05, 3.63) is 95.1 Å². The number of aliphatic imine (C=N–C) groups is 1. The molecule has 30 heavy (non-hydrogen) atoms. The number of hydrogen-bond donors (Lipinski definition) is 1. The van der Waals surface area contributed by atoms with E-state index in [2.05, 4.69) is 103 Å². The third kappa shape index (κ3) is 4.85. The quantitative estimate of drug-likeness (QED) is 0.462. The largest absolute Gasteiger partial charge is 0.365 e. The van der Waals surface area contributed by atoms with Gasteiger partial charge in [0.1, 0.15) is 0 Å². The number of benzene rings is 3. The second-order valence-corrected chi connectivity index (χ2v) is 8.67. The van der Waals surface area contributed by atoms with E-state index in [-0.39, 0.29) is 0 Å². The van der Waals surface area contributed by atoms with E-state index in [9.17, 15) is 0 Å². The first kappa shape index (κ1) is 20.5. The summed E-state index contributed by atoms with van der Waals surface area (Å²) in [4.78, 5) is 4.53. The van der Waals surface area contributed by atoms with Crippen LogP contribution in [0, 0.1) is 13.8 Å². The maximum Gasteiger partial charge on any atom is 0.156 e. The molecule has 0 fully saturated rings. The number of nitrogens with zero attached hydrogens (tertiary/aromatic N) is 1. The molecular weight excluding hydrogens is 384 g/mol. The van der Waals surface area contributed by atoms with Gasteiger partial charge >= 0.3 is 0 Å². The van der Waals surface area contributed by atoms with E-state index in [4.69, 9.17) is 0 Å². The lowest BCUT2D eigenvalue weighted by molar-refractivity contribution is 0.908. The van der Waals surface area contributed by atoms with Crippen LogP contribution in [0.4, 0.5) is 0 Å². The lowest BCUT2D eigenvalue weighted by Crippen LogP contribution is -2.20. The van der Waals surface area contributed by atoms with E-state index in [0.717, 1.165) is 30.4 Å². The second kappa shape index (κ2) is 9.82. The molecule has 0 saturated carbocycles. The van der Waals surface area contributed by atoms with Crippen LogP contribution in [0.5, 0.6) is 0 Å². The Morgan fingerprint density at radius 2 is 1.77 bits per heavy atom. The van der Waals surface area contributed by atoms with Crippen molar-refractivity contribution in [2.24, 2.45) is 4.99 Å². The molecule has 4 rings (SSSR count). The smallest absolute Gasteiger partial charge is 0.156 e. The second-order valence-electron chi connectivity index (χ2n) is 7.58. The average Bonchev–Trinajstić information content (AvgIpc) is 3.30. The first-order chi connectivity index (χ1) is 14.7. The molecule has 1 N–H and O–H groups in total. The minimum Gasteiger partial charge on any atom is -0.365 e. The molecular formula is C27H28N2S. The van der Waals surface area contributed by atoms with Crippen molar-refractivity contribution in [1.82, 2.24) is 5.32 Å². The zero-order valence-electron chi connectivity index (χ0n) is 17.7. The molecule has 3 aromatic carbocycles. The number of nitrogens with one attached hydrogen (secondary N) is 1. The Kier molecular flexibility index (Phi) is 6.70. The van der Waals surface area contributed by atoms with Gasteiger partial charge < -0.3 is 5.32 Å². The van der Waals surface area contributed by atoms with Crippen LogP contribution in [-0.2, 0) is 0 Å². The minimum atomic E-state index is 0.881. The van der Waals surface area contributed by atoms with Crippen molar-refractivity contribution in [2.75, 3.05) is 18.8 Å². The van der Waals surface area contributed by atoms with Gasteiger partial charge in [-0.05, 0) is 59.2 Å². The summed E-state index contributed by atoms with van der Waals surface area (Å²) < 4.78 is 0. The lowest BCUT2D eigenvalue weighted by atomic mass is 9.90. The highest BCUT2D eigenvalue weighted by atomic mass is 32.2. The van der Waals surface area contributed by atoms with E-state index in [1.807, 2.05) is 11.8 Å². The number of aryl methyl sites for hydroxylation is 1. The van der Waals surface area contributed by atoms with E-state index in [1.165, 1.54) is 39.0 Å². The number of hydrogen-bond acceptors (Lipinski definition) is 3. The van der Waals surface area contributed by atoms with Crippen molar-refractivity contribution in [1.29, 1.82) is 0 Å². The van der Waals surface area contributed by atoms with Crippen LogP contribution in [-0.4, -0.2) is 24.0 Å². The van der Waals surface area contributed by atoms with E-state index in [1.54, 1.807) is 0 Å². The molecule has 0 amide bonds. The number of rotatable bonds is 6. The van der Waals surface area contributed by atoms with Crippen LogP contribution in [0.3, 0.4) is 0 Å². The van der Waals surface area contributed by atoms with Gasteiger partial charge in [-0.3, -0.25) is 4.99 Å². The zero-order valence-corrected chi connectivity index (χ0v) is 18.5. The number of amidine groups is 1. The summed E-state index contributed by atoms with van der Waals surface area (Å²) in [5, 5.41) is 4.61. The van der Waals surface area contributed by atoms with E-state index >= 15 is 0 Å². The van der Waals surface area contributed by atoms with Gasteiger partial charge in [-0.25, -0.2) is 0 Å². The molecule has 1 heterocycles. The summed E-state index contributed by atoms with van der Waals surface area (Å²) in [6, 6.07) is 26.0. The van der Waals surface area contributed by atoms with Crippen molar-refractivity contribution in [2.45, 2.75) is 20.3 Å². The summed E-state index contributed by atoms with van der Waals surface area (Å²) >= 11 is 1.82. The van der Waals surface area contributed by atoms with Gasteiger partial charge in [0.25, 0.3) is 0 Å². The highest BCUT2D eigenvalue weighted by Crippen LogP contribution is 2.32. The van der Waals surface area contributed by atoms with Crippen LogP contribution >= 0.6 is 11.8 Å². The summed E-state index contributed by atoms with van der Waals surface area (Å²) in [7, 11) is 0. The molecule has 0 bridgehead atoms. The molecule has 3 aromatic rings. The Bertz CT molecular complexity index is 1070. The molecule has 2 nitrogen and oxygen atoms in total. The van der Waals surface area contributed by atoms with Crippen molar-refractivity contribution < 1.29 is 0 Å². The molecule has 152 valence electrons. The zero-order chi connectivity index (χ0) is 20.8. The third-order valence-corrected chi connectivity index (χ3v) is 6.52. The van der Waals surface area contributed by atoms with Crippen LogP contribution in [0.2, 0.25) is 0 Å². The van der Waals surface area contributed by atoms with E-state index < -0.39 is 0 Å². The predicted molar refractivity (Wildman–Crippen MR) is 133 cm³/mol. The Labute approximate surface area is 184 Å². The Balaban J connectivity index is 1.72. The molecule has 0 unspecified atom stereocenters. The summed E-state index contributed by atoms with van der Waals surface area (Å²) in [6.07, 6.45) is 3.31. The lowest BCUT2D eigenvalue weighted by Gasteiger charge is -2.16. The molecule has 0 saturated heterocycles. The molecule has 0 radical (unpaired) electrons. The van der Waals surface area contributed by atoms with Gasteiger partial charge in [0, 0.05) is 12.3 Å². The van der Waals surface area contributed by atoms with Crippen molar-refractivity contribution in [3.8, 4) is 11.1 Å². The fourth-order valence-electron chi connectivity index (χ4n) is 3.78. The molecule has 0 aromatic heterocycles. The normalized spacial score (nSPS) is 13.9. The van der Waals surface area contributed by atoms with Crippen LogP contribution in [0.15, 0.2) is 77.8 Å². The Hall–Kier alpha value is -2.78. The summed E-state index contributed by atoms with van der Waals surface area (Å²) in [5.41, 5.74) is 9.14. The number of thioether (sulfide) groups is 1. The molecule has 0 aliphatic carbocycles. The predicted octanol–water partition coefficient (Wildman–Crippen LogP) is 6.59. The van der Waals surface area contributed by atoms with Crippen LogP contribution in [0.25, 0.3) is 22.8 Å². The van der Waals surface area contributed by atoms with E-state index in [0.29, 0.717) is 0 Å². The fraction of sp³-hybridized carbons (Fsp3) is 0.222. The molecule has 3 heteroatoms. The fourth-order valence-corrected chi connectivity index (χ4v) is 4.54. The highest BCUT2D eigenvalue weighted by Gasteiger charge is 2.12. The van der Waals surface area contributed by atoms with Gasteiger partial charge in [0.15, 0.2) is 5.17 Å². The average molecular weight is 413 g/mol. The third-order valence-electron chi connectivity index (χ3n) is 5.59. The maximum atomic E-state index is 4.53. The molecule has 0 atom stereocenters. The van der Waals surface area contributed by atoms with Gasteiger partial charge in [-0.1, -0.05) is 90.6 Å². The van der Waals surface area contributed by atoms with Gasteiger partial charge in [-0.2, -0.15) is 0 Å². The minimum absolute atomic E-state index is 0.881. The van der Waals surface area contributed by atoms with Gasteiger partial charge in [0.2, 0.25) is 0 Å². The first-order valence-electron chi connectivity index (χ1n) is 10.5. The van der Waals surface area contributed by atoms with Gasteiger partial charge in [-0.15, -0.1) is 0 Å². The monoisotopic (exact) mass is 412 g/mol.